The Bertz CT molecular complexity index is 699. The summed E-state index contributed by atoms with van der Waals surface area (Å²) in [5.74, 6) is -0.0141. The van der Waals surface area contributed by atoms with Gasteiger partial charge in [-0.15, -0.1) is 12.4 Å². The molecule has 1 atom stereocenters. The summed E-state index contributed by atoms with van der Waals surface area (Å²) in [4.78, 5) is 14.3. The van der Waals surface area contributed by atoms with Crippen LogP contribution in [0.5, 0.6) is 0 Å². The second kappa shape index (κ2) is 9.17. The van der Waals surface area contributed by atoms with E-state index in [1.807, 2.05) is 24.0 Å². The lowest BCUT2D eigenvalue weighted by atomic mass is 9.87. The van der Waals surface area contributed by atoms with Gasteiger partial charge in [0.25, 0.3) is 0 Å². The minimum atomic E-state index is -3.60. The van der Waals surface area contributed by atoms with Crippen LogP contribution in [0.2, 0.25) is 0 Å². The molecule has 1 fully saturated rings. The minimum Gasteiger partial charge on any atom is -0.337 e. The van der Waals surface area contributed by atoms with Gasteiger partial charge < -0.3 is 10.2 Å². The monoisotopic (exact) mass is 403 g/mol. The summed E-state index contributed by atoms with van der Waals surface area (Å²) >= 11 is 0. The number of rotatable bonds is 5. The molecule has 8 heteroatoms. The molecular weight excluding hydrogens is 374 g/mol. The Morgan fingerprint density at radius 3 is 2.42 bits per heavy atom. The van der Waals surface area contributed by atoms with E-state index < -0.39 is 10.0 Å². The largest absolute Gasteiger partial charge is 0.337 e. The zero-order valence-corrected chi connectivity index (χ0v) is 17.5. The van der Waals surface area contributed by atoms with Crippen molar-refractivity contribution in [3.05, 3.63) is 29.8 Å². The van der Waals surface area contributed by atoms with Gasteiger partial charge in [0.15, 0.2) is 0 Å². The number of amides is 1. The zero-order chi connectivity index (χ0) is 18.7. The first-order valence-electron chi connectivity index (χ1n) is 8.71. The molecule has 0 saturated carbocycles. The molecule has 0 bridgehead atoms. The summed E-state index contributed by atoms with van der Waals surface area (Å²) in [6.45, 7) is 10.6. The highest BCUT2D eigenvalue weighted by molar-refractivity contribution is 7.89. The average Bonchev–Trinajstić information content (AvgIpc) is 2.54. The fourth-order valence-corrected chi connectivity index (χ4v) is 3.90. The lowest BCUT2D eigenvalue weighted by Gasteiger charge is -2.34. The SMILES string of the molecule is C[C@H]1CNCCN1C(=O)CCNS(=O)(=O)c1ccc(C(C)(C)C)cc1.Cl. The Balaban J connectivity index is 0.00000338. The fraction of sp³-hybridized carbons (Fsp3) is 0.611. The molecule has 0 aromatic heterocycles. The molecule has 26 heavy (non-hydrogen) atoms. The number of nitrogens with one attached hydrogen (secondary N) is 2. The van der Waals surface area contributed by atoms with Gasteiger partial charge in [0, 0.05) is 38.6 Å². The topological polar surface area (TPSA) is 78.5 Å². The van der Waals surface area contributed by atoms with Crippen LogP contribution < -0.4 is 10.0 Å². The number of benzene rings is 1. The normalized spacial score (nSPS) is 18.3. The van der Waals surface area contributed by atoms with Gasteiger partial charge in [0.05, 0.1) is 4.90 Å². The average molecular weight is 404 g/mol. The fourth-order valence-electron chi connectivity index (χ4n) is 2.86. The first kappa shape index (κ1) is 22.9. The van der Waals surface area contributed by atoms with Crippen LogP contribution in [0.15, 0.2) is 29.2 Å². The van der Waals surface area contributed by atoms with Crippen molar-refractivity contribution in [1.29, 1.82) is 0 Å². The summed E-state index contributed by atoms with van der Waals surface area (Å²) in [7, 11) is -3.60. The second-order valence-electron chi connectivity index (χ2n) is 7.56. The summed E-state index contributed by atoms with van der Waals surface area (Å²) in [5, 5.41) is 3.23. The molecule has 2 rings (SSSR count). The Morgan fingerprint density at radius 1 is 1.27 bits per heavy atom. The van der Waals surface area contributed by atoms with E-state index in [2.05, 4.69) is 30.8 Å². The summed E-state index contributed by atoms with van der Waals surface area (Å²) in [6.07, 6.45) is 0.170. The van der Waals surface area contributed by atoms with E-state index in [4.69, 9.17) is 0 Å². The molecule has 1 aliphatic heterocycles. The molecule has 0 spiro atoms. The van der Waals surface area contributed by atoms with Crippen LogP contribution in [0.3, 0.4) is 0 Å². The van der Waals surface area contributed by atoms with Crippen LogP contribution in [0.4, 0.5) is 0 Å². The molecule has 0 radical (unpaired) electrons. The zero-order valence-electron chi connectivity index (χ0n) is 15.9. The predicted octanol–water partition coefficient (Wildman–Crippen LogP) is 1.89. The Hall–Kier alpha value is -1.15. The van der Waals surface area contributed by atoms with E-state index in [1.165, 1.54) is 0 Å². The van der Waals surface area contributed by atoms with Gasteiger partial charge in [-0.05, 0) is 30.0 Å². The van der Waals surface area contributed by atoms with E-state index >= 15 is 0 Å². The van der Waals surface area contributed by atoms with Crippen molar-refractivity contribution in [2.75, 3.05) is 26.2 Å². The van der Waals surface area contributed by atoms with Gasteiger partial charge in [-0.2, -0.15) is 0 Å². The van der Waals surface area contributed by atoms with Crippen molar-refractivity contribution in [3.63, 3.8) is 0 Å². The third-order valence-corrected chi connectivity index (χ3v) is 5.96. The highest BCUT2D eigenvalue weighted by atomic mass is 35.5. The quantitative estimate of drug-likeness (QED) is 0.786. The van der Waals surface area contributed by atoms with E-state index in [9.17, 15) is 13.2 Å². The van der Waals surface area contributed by atoms with Gasteiger partial charge >= 0.3 is 0 Å². The molecule has 2 N–H and O–H groups in total. The van der Waals surface area contributed by atoms with Crippen LogP contribution >= 0.6 is 12.4 Å². The first-order valence-corrected chi connectivity index (χ1v) is 10.2. The van der Waals surface area contributed by atoms with Gasteiger partial charge in [-0.3, -0.25) is 4.79 Å². The highest BCUT2D eigenvalue weighted by Crippen LogP contribution is 2.23. The number of halogens is 1. The summed E-state index contributed by atoms with van der Waals surface area (Å²) in [6, 6.07) is 7.04. The van der Waals surface area contributed by atoms with Gasteiger partial charge in [0.1, 0.15) is 0 Å². The molecule has 0 unspecified atom stereocenters. The highest BCUT2D eigenvalue weighted by Gasteiger charge is 2.23. The van der Waals surface area contributed by atoms with Crippen LogP contribution in [-0.4, -0.2) is 51.4 Å². The summed E-state index contributed by atoms with van der Waals surface area (Å²) in [5.41, 5.74) is 1.05. The molecule has 148 valence electrons. The van der Waals surface area contributed by atoms with Gasteiger partial charge in [0.2, 0.25) is 15.9 Å². The van der Waals surface area contributed by atoms with Crippen molar-refractivity contribution < 1.29 is 13.2 Å². The first-order chi connectivity index (χ1) is 11.6. The molecule has 0 aliphatic carbocycles. The van der Waals surface area contributed by atoms with Crippen molar-refractivity contribution in [3.8, 4) is 0 Å². The number of carbonyl (C=O) groups excluding carboxylic acids is 1. The molecule has 1 aromatic rings. The number of piperazine rings is 1. The standard InChI is InChI=1S/C18H29N3O3S.ClH/c1-14-13-19-11-12-21(14)17(22)9-10-20-25(23,24)16-7-5-15(6-8-16)18(2,3)4;/h5-8,14,19-20H,9-13H2,1-4H3;1H/t14-;/m0./s1. The van der Waals surface area contributed by atoms with Crippen LogP contribution in [0.25, 0.3) is 0 Å². The third-order valence-electron chi connectivity index (χ3n) is 4.48. The molecule has 1 heterocycles. The summed E-state index contributed by atoms with van der Waals surface area (Å²) < 4.78 is 27.3. The third kappa shape index (κ3) is 5.94. The maximum atomic E-state index is 12.4. The molecule has 6 nitrogen and oxygen atoms in total. The van der Waals surface area contributed by atoms with Gasteiger partial charge in [-0.25, -0.2) is 13.1 Å². The van der Waals surface area contributed by atoms with E-state index in [0.29, 0.717) is 6.54 Å². The van der Waals surface area contributed by atoms with E-state index in [0.717, 1.165) is 18.7 Å². The maximum Gasteiger partial charge on any atom is 0.240 e. The van der Waals surface area contributed by atoms with E-state index in [1.54, 1.807) is 12.1 Å². The predicted molar refractivity (Wildman–Crippen MR) is 106 cm³/mol. The van der Waals surface area contributed by atoms with E-state index in [-0.39, 0.29) is 47.6 Å². The molecule has 1 saturated heterocycles. The maximum absolute atomic E-state index is 12.4. The number of nitrogens with zero attached hydrogens (tertiary/aromatic N) is 1. The lowest BCUT2D eigenvalue weighted by Crippen LogP contribution is -2.52. The number of hydrogen-bond donors (Lipinski definition) is 2. The second-order valence-corrected chi connectivity index (χ2v) is 9.33. The van der Waals surface area contributed by atoms with Crippen LogP contribution in [0.1, 0.15) is 39.7 Å². The number of carbonyl (C=O) groups is 1. The van der Waals surface area contributed by atoms with Crippen LogP contribution in [0, 0.1) is 0 Å². The Kier molecular flexibility index (Phi) is 8.07. The van der Waals surface area contributed by atoms with Gasteiger partial charge in [-0.1, -0.05) is 32.9 Å². The molecular formula is C18H30ClN3O3S. The van der Waals surface area contributed by atoms with Crippen molar-refractivity contribution in [1.82, 2.24) is 14.9 Å². The Labute approximate surface area is 163 Å². The number of hydrogen-bond acceptors (Lipinski definition) is 4. The van der Waals surface area contributed by atoms with Crippen LogP contribution in [-0.2, 0) is 20.2 Å². The smallest absolute Gasteiger partial charge is 0.240 e. The molecule has 1 aromatic carbocycles. The molecule has 1 amide bonds. The molecule has 1 aliphatic rings. The minimum absolute atomic E-state index is 0. The lowest BCUT2D eigenvalue weighted by molar-refractivity contribution is -0.133. The number of sulfonamides is 1. The van der Waals surface area contributed by atoms with Crippen molar-refractivity contribution in [2.45, 2.75) is 50.5 Å². The van der Waals surface area contributed by atoms with Crippen molar-refractivity contribution in [2.24, 2.45) is 0 Å². The Morgan fingerprint density at radius 2 is 1.88 bits per heavy atom. The van der Waals surface area contributed by atoms with Crippen molar-refractivity contribution >= 4 is 28.3 Å².